The molecule has 1 N–H and O–H groups in total. The van der Waals surface area contributed by atoms with Crippen LogP contribution in [0.4, 0.5) is 0 Å². The lowest BCUT2D eigenvalue weighted by atomic mass is 10.00. The second-order valence-electron chi connectivity index (χ2n) is 14.6. The van der Waals surface area contributed by atoms with E-state index in [1.165, 1.54) is 79.0 Å². The first-order chi connectivity index (χ1) is 28.2. The minimum Gasteiger partial charge on any atom is -0.344 e. The highest BCUT2D eigenvalue weighted by Crippen LogP contribution is 2.44. The summed E-state index contributed by atoms with van der Waals surface area (Å²) in [6.07, 6.45) is -0.280. The summed E-state index contributed by atoms with van der Waals surface area (Å²) in [6, 6.07) is 65.5. The number of fused-ring (bicyclic) bond motifs is 9. The number of benzene rings is 8. The first kappa shape index (κ1) is 32.4. The van der Waals surface area contributed by atoms with Crippen LogP contribution in [0.2, 0.25) is 0 Å². The molecule has 4 heterocycles. The number of thiophene rings is 2. The van der Waals surface area contributed by atoms with Crippen molar-refractivity contribution in [3.05, 3.63) is 199 Å². The largest absolute Gasteiger partial charge is 0.344 e. The lowest BCUT2D eigenvalue weighted by Crippen LogP contribution is -2.33. The van der Waals surface area contributed by atoms with Gasteiger partial charge in [0.05, 0.1) is 11.0 Å². The average molecular weight is 765 g/mol. The summed E-state index contributed by atoms with van der Waals surface area (Å²) >= 11 is 3.73. The number of para-hydroxylation sites is 2. The summed E-state index contributed by atoms with van der Waals surface area (Å²) in [5.74, 6) is 1.56. The lowest BCUT2D eigenvalue weighted by Gasteiger charge is -2.23. The highest BCUT2D eigenvalue weighted by Gasteiger charge is 2.22. The summed E-state index contributed by atoms with van der Waals surface area (Å²) < 4.78 is 7.57. The molecule has 0 saturated carbocycles. The van der Waals surface area contributed by atoms with E-state index in [1.807, 2.05) is 59.1 Å². The van der Waals surface area contributed by atoms with Crippen LogP contribution in [0.1, 0.15) is 22.9 Å². The molecule has 12 rings (SSSR count). The van der Waals surface area contributed by atoms with Gasteiger partial charge in [-0.3, -0.25) is 0 Å². The van der Waals surface area contributed by atoms with Gasteiger partial charge in [0.2, 0.25) is 0 Å². The number of aromatic nitrogens is 1. The molecule has 1 aliphatic heterocycles. The number of rotatable bonds is 5. The van der Waals surface area contributed by atoms with Gasteiger partial charge >= 0.3 is 0 Å². The predicted molar refractivity (Wildman–Crippen MR) is 244 cm³/mol. The fourth-order valence-electron chi connectivity index (χ4n) is 8.57. The molecular formula is C51H32N4S2. The van der Waals surface area contributed by atoms with E-state index in [2.05, 4.69) is 155 Å². The van der Waals surface area contributed by atoms with Crippen molar-refractivity contribution in [2.24, 2.45) is 9.98 Å². The molecule has 0 spiro atoms. The molecule has 1 unspecified atom stereocenters. The highest BCUT2D eigenvalue weighted by molar-refractivity contribution is 7.26. The summed E-state index contributed by atoms with van der Waals surface area (Å²) in [4.78, 5) is 10.1. The van der Waals surface area contributed by atoms with Gasteiger partial charge in [-0.15, -0.1) is 22.7 Å². The highest BCUT2D eigenvalue weighted by atomic mass is 32.1. The van der Waals surface area contributed by atoms with Crippen molar-refractivity contribution in [2.45, 2.75) is 6.17 Å². The average Bonchev–Trinajstić information content (AvgIpc) is 3.95. The Morgan fingerprint density at radius 3 is 1.84 bits per heavy atom. The van der Waals surface area contributed by atoms with Crippen LogP contribution < -0.4 is 5.32 Å². The normalized spacial score (nSPS) is 14.5. The molecule has 4 nitrogen and oxygen atoms in total. The van der Waals surface area contributed by atoms with E-state index in [-0.39, 0.29) is 6.17 Å². The van der Waals surface area contributed by atoms with E-state index < -0.39 is 0 Å². The van der Waals surface area contributed by atoms with Crippen molar-refractivity contribution < 1.29 is 0 Å². The molecule has 6 heteroatoms. The molecule has 57 heavy (non-hydrogen) atoms. The van der Waals surface area contributed by atoms with Crippen LogP contribution >= 0.6 is 22.7 Å². The minimum atomic E-state index is -0.280. The Balaban J connectivity index is 0.962. The summed E-state index contributed by atoms with van der Waals surface area (Å²) in [5.41, 5.74) is 9.27. The van der Waals surface area contributed by atoms with Crippen molar-refractivity contribution in [2.75, 3.05) is 0 Å². The van der Waals surface area contributed by atoms with Gasteiger partial charge in [-0.1, -0.05) is 127 Å². The summed E-state index contributed by atoms with van der Waals surface area (Å²) in [7, 11) is 0. The van der Waals surface area contributed by atoms with Gasteiger partial charge < -0.3 is 9.88 Å². The Morgan fingerprint density at radius 2 is 1.07 bits per heavy atom. The van der Waals surface area contributed by atoms with Crippen molar-refractivity contribution in [1.82, 2.24) is 9.88 Å². The Bertz CT molecular complexity index is 3390. The Morgan fingerprint density at radius 1 is 0.456 bits per heavy atom. The molecule has 3 aromatic heterocycles. The first-order valence-electron chi connectivity index (χ1n) is 19.2. The third-order valence-corrected chi connectivity index (χ3v) is 13.6. The summed E-state index contributed by atoms with van der Waals surface area (Å²) in [6.45, 7) is 0. The number of nitrogens with zero attached hydrogens (tertiary/aromatic N) is 3. The molecule has 268 valence electrons. The third-order valence-electron chi connectivity index (χ3n) is 11.3. The van der Waals surface area contributed by atoms with Crippen LogP contribution in [0.25, 0.3) is 79.0 Å². The van der Waals surface area contributed by atoms with Crippen LogP contribution in [-0.2, 0) is 0 Å². The molecule has 11 aromatic rings. The Labute approximate surface area is 336 Å². The van der Waals surface area contributed by atoms with Gasteiger partial charge in [-0.05, 0) is 71.3 Å². The van der Waals surface area contributed by atoms with Crippen molar-refractivity contribution in [1.29, 1.82) is 0 Å². The maximum absolute atomic E-state index is 5.16. The zero-order valence-corrected chi connectivity index (χ0v) is 32.2. The van der Waals surface area contributed by atoms with E-state index >= 15 is 0 Å². The molecule has 0 bridgehead atoms. The molecule has 1 atom stereocenters. The zero-order valence-electron chi connectivity index (χ0n) is 30.6. The second-order valence-corrected chi connectivity index (χ2v) is 16.7. The smallest absolute Gasteiger partial charge is 0.159 e. The molecule has 8 aromatic carbocycles. The monoisotopic (exact) mass is 764 g/mol. The minimum absolute atomic E-state index is 0.280. The van der Waals surface area contributed by atoms with Gasteiger partial charge in [0.1, 0.15) is 12.0 Å². The van der Waals surface area contributed by atoms with Crippen LogP contribution in [0.3, 0.4) is 0 Å². The Hall–Kier alpha value is -6.86. The van der Waals surface area contributed by atoms with Crippen molar-refractivity contribution in [3.8, 4) is 16.8 Å². The zero-order chi connectivity index (χ0) is 37.5. The fraction of sp³-hybridized carbons (Fsp3) is 0.0196. The quantitative estimate of drug-likeness (QED) is 0.186. The molecule has 0 amide bonds. The maximum atomic E-state index is 5.16. The van der Waals surface area contributed by atoms with Crippen LogP contribution in [-0.4, -0.2) is 16.2 Å². The van der Waals surface area contributed by atoms with Gasteiger partial charge in [-0.2, -0.15) is 0 Å². The SMILES string of the molecule is c1ccc(C2=NC(c3ccc4sc5c(-c6ccc7sc8ccc(-n9c%10ccccc%10c%10ccccc%109)cc8c7c6)cccc5c4c3)NC(c3ccccc3)=N2)cc1. The van der Waals surface area contributed by atoms with E-state index in [1.54, 1.807) is 0 Å². The van der Waals surface area contributed by atoms with Gasteiger partial charge in [0, 0.05) is 67.9 Å². The van der Waals surface area contributed by atoms with E-state index in [4.69, 9.17) is 9.98 Å². The molecule has 0 radical (unpaired) electrons. The summed E-state index contributed by atoms with van der Waals surface area (Å²) in [5, 5.41) is 11.3. The van der Waals surface area contributed by atoms with Crippen LogP contribution in [0, 0.1) is 0 Å². The van der Waals surface area contributed by atoms with Gasteiger partial charge in [0.25, 0.3) is 0 Å². The van der Waals surface area contributed by atoms with Crippen LogP contribution in [0.15, 0.2) is 192 Å². The number of hydrogen-bond acceptors (Lipinski definition) is 5. The standard InChI is InChI=1S/C51H32N4S2/c1-3-12-31(13-4-1)49-52-50(32-14-5-2-6-15-32)54-51(53-49)34-23-26-47-40(29-34)39-19-11-18-36(48(39)57-47)33-22-25-45-41(28-33)42-30-35(24-27-46(42)56-45)55-43-20-9-7-16-37(43)38-17-8-10-21-44(38)55/h1-30,51H,(H,52,53,54). The molecule has 1 aliphatic rings. The van der Waals surface area contributed by atoms with Gasteiger partial charge in [0.15, 0.2) is 5.84 Å². The molecule has 0 aliphatic carbocycles. The first-order valence-corrected chi connectivity index (χ1v) is 20.8. The molecular weight excluding hydrogens is 733 g/mol. The van der Waals surface area contributed by atoms with E-state index in [9.17, 15) is 0 Å². The number of amidine groups is 2. The van der Waals surface area contributed by atoms with E-state index in [0.717, 1.165) is 28.4 Å². The lowest BCUT2D eigenvalue weighted by molar-refractivity contribution is 0.675. The fourth-order valence-corrected chi connectivity index (χ4v) is 10.9. The van der Waals surface area contributed by atoms with Crippen LogP contribution in [0.5, 0.6) is 0 Å². The van der Waals surface area contributed by atoms with Crippen molar-refractivity contribution >= 4 is 96.5 Å². The topological polar surface area (TPSA) is 41.7 Å². The molecule has 0 fully saturated rings. The van der Waals surface area contributed by atoms with Gasteiger partial charge in [-0.25, -0.2) is 9.98 Å². The second kappa shape index (κ2) is 12.8. The number of aliphatic imine (C=N–C) groups is 2. The Kier molecular flexibility index (Phi) is 7.30. The number of hydrogen-bond donors (Lipinski definition) is 1. The molecule has 0 saturated heterocycles. The number of nitrogens with one attached hydrogen (secondary N) is 1. The third kappa shape index (κ3) is 5.26. The predicted octanol–water partition coefficient (Wildman–Crippen LogP) is 13.7. The van der Waals surface area contributed by atoms with Crippen molar-refractivity contribution in [3.63, 3.8) is 0 Å². The maximum Gasteiger partial charge on any atom is 0.159 e. The van der Waals surface area contributed by atoms with E-state index in [0.29, 0.717) is 0 Å².